The highest BCUT2D eigenvalue weighted by atomic mass is 16.6. The SMILES string of the molecule is CCOC(=O)C[C@@H](c1ccc([N+](=O)[O-])cc1)[C@@H](NC(=O)C[C@H](O)CNC(=O)OCc1ccccc1)C(=O)O. The Morgan fingerprint density at radius 1 is 1.00 bits per heavy atom. The number of carbonyl (C=O) groups excluding carboxylic acids is 3. The maximum atomic E-state index is 12.5. The molecule has 0 aromatic heterocycles. The smallest absolute Gasteiger partial charge is 0.407 e. The number of alkyl carbamates (subject to hydrolysis) is 1. The van der Waals surface area contributed by atoms with Crippen molar-refractivity contribution in [1.29, 1.82) is 0 Å². The lowest BCUT2D eigenvalue weighted by Crippen LogP contribution is -2.47. The summed E-state index contributed by atoms with van der Waals surface area (Å²) < 4.78 is 9.93. The van der Waals surface area contributed by atoms with Crippen LogP contribution in [0.5, 0.6) is 0 Å². The number of hydrogen-bond acceptors (Lipinski definition) is 9. The number of amides is 2. The van der Waals surface area contributed by atoms with E-state index in [4.69, 9.17) is 9.47 Å². The van der Waals surface area contributed by atoms with Gasteiger partial charge in [0.15, 0.2) is 0 Å². The molecule has 0 bridgehead atoms. The van der Waals surface area contributed by atoms with Gasteiger partial charge in [-0.2, -0.15) is 0 Å². The molecular formula is C25H29N3O10. The largest absolute Gasteiger partial charge is 0.480 e. The topological polar surface area (TPSA) is 194 Å². The molecule has 0 radical (unpaired) electrons. The number of ether oxygens (including phenoxy) is 2. The fraction of sp³-hybridized carbons (Fsp3) is 0.360. The third-order valence-corrected chi connectivity index (χ3v) is 5.32. The van der Waals surface area contributed by atoms with Crippen molar-refractivity contribution in [3.63, 3.8) is 0 Å². The van der Waals surface area contributed by atoms with Crippen molar-refractivity contribution >= 4 is 29.6 Å². The Balaban J connectivity index is 2.00. The summed E-state index contributed by atoms with van der Waals surface area (Å²) in [5, 5.41) is 35.5. The molecule has 0 saturated carbocycles. The van der Waals surface area contributed by atoms with Gasteiger partial charge in [-0.3, -0.25) is 19.7 Å². The van der Waals surface area contributed by atoms with Gasteiger partial charge in [-0.05, 0) is 18.1 Å². The van der Waals surface area contributed by atoms with Crippen LogP contribution in [0.2, 0.25) is 0 Å². The van der Waals surface area contributed by atoms with Crippen LogP contribution in [0.1, 0.15) is 36.8 Å². The van der Waals surface area contributed by atoms with Crippen LogP contribution in [0.4, 0.5) is 10.5 Å². The highest BCUT2D eigenvalue weighted by Gasteiger charge is 2.34. The van der Waals surface area contributed by atoms with Crippen molar-refractivity contribution < 1.29 is 43.8 Å². The molecule has 0 unspecified atom stereocenters. The summed E-state index contributed by atoms with van der Waals surface area (Å²) in [5.41, 5.74) is 0.768. The summed E-state index contributed by atoms with van der Waals surface area (Å²) in [5.74, 6) is -4.18. The molecule has 0 fully saturated rings. The van der Waals surface area contributed by atoms with Crippen molar-refractivity contribution in [2.24, 2.45) is 0 Å². The predicted octanol–water partition coefficient (Wildman–Crippen LogP) is 1.88. The predicted molar refractivity (Wildman–Crippen MR) is 132 cm³/mol. The molecule has 0 heterocycles. The molecule has 13 nitrogen and oxygen atoms in total. The van der Waals surface area contributed by atoms with E-state index in [-0.39, 0.29) is 31.0 Å². The van der Waals surface area contributed by atoms with Crippen LogP contribution < -0.4 is 10.6 Å². The Kier molecular flexibility index (Phi) is 11.6. The second kappa shape index (κ2) is 14.9. The maximum absolute atomic E-state index is 12.5. The van der Waals surface area contributed by atoms with Gasteiger partial charge >= 0.3 is 18.0 Å². The van der Waals surface area contributed by atoms with E-state index in [0.717, 1.165) is 17.7 Å². The van der Waals surface area contributed by atoms with Crippen LogP contribution in [-0.2, 0) is 30.5 Å². The van der Waals surface area contributed by atoms with E-state index < -0.39 is 59.8 Å². The second-order valence-corrected chi connectivity index (χ2v) is 8.15. The lowest BCUT2D eigenvalue weighted by Gasteiger charge is -2.25. The number of carboxylic acid groups (broad SMARTS) is 1. The fourth-order valence-electron chi connectivity index (χ4n) is 3.50. The molecular weight excluding hydrogens is 502 g/mol. The third-order valence-electron chi connectivity index (χ3n) is 5.32. The first-order valence-electron chi connectivity index (χ1n) is 11.7. The molecule has 3 atom stereocenters. The van der Waals surface area contributed by atoms with Crippen LogP contribution >= 0.6 is 0 Å². The number of nitro benzene ring substituents is 1. The van der Waals surface area contributed by atoms with Crippen LogP contribution in [0.15, 0.2) is 54.6 Å². The summed E-state index contributed by atoms with van der Waals surface area (Å²) in [6, 6.07) is 12.2. The quantitative estimate of drug-likeness (QED) is 0.159. The molecule has 2 aromatic rings. The lowest BCUT2D eigenvalue weighted by atomic mass is 9.88. The van der Waals surface area contributed by atoms with E-state index in [1.165, 1.54) is 12.1 Å². The lowest BCUT2D eigenvalue weighted by molar-refractivity contribution is -0.384. The molecule has 38 heavy (non-hydrogen) atoms. The van der Waals surface area contributed by atoms with Gasteiger partial charge in [0.25, 0.3) is 5.69 Å². The monoisotopic (exact) mass is 531 g/mol. The molecule has 204 valence electrons. The number of carbonyl (C=O) groups is 4. The average Bonchev–Trinajstić information content (AvgIpc) is 2.89. The third kappa shape index (κ3) is 9.85. The Morgan fingerprint density at radius 3 is 2.24 bits per heavy atom. The number of nitro groups is 1. The molecule has 2 amide bonds. The van der Waals surface area contributed by atoms with E-state index in [9.17, 15) is 39.5 Å². The van der Waals surface area contributed by atoms with Gasteiger partial charge in [-0.1, -0.05) is 42.5 Å². The number of nitrogens with zero attached hydrogens (tertiary/aromatic N) is 1. The Bertz CT molecular complexity index is 1110. The number of aliphatic hydroxyl groups is 1. The van der Waals surface area contributed by atoms with Crippen LogP contribution in [0, 0.1) is 10.1 Å². The molecule has 0 saturated heterocycles. The van der Waals surface area contributed by atoms with Gasteiger partial charge in [-0.15, -0.1) is 0 Å². The number of hydrogen-bond donors (Lipinski definition) is 4. The number of non-ortho nitro benzene ring substituents is 1. The summed E-state index contributed by atoms with van der Waals surface area (Å²) >= 11 is 0. The standard InChI is InChI=1S/C25H29N3O10/c1-2-37-22(31)13-20(17-8-10-18(11-9-17)28(35)36)23(24(32)33)27-21(30)12-19(29)14-26-25(34)38-15-16-6-4-3-5-7-16/h3-11,19-20,23,29H,2,12-15H2,1H3,(H,26,34)(H,27,30)(H,32,33)/t19-,20-,23+/m0/s1. The van der Waals surface area contributed by atoms with E-state index in [1.54, 1.807) is 31.2 Å². The number of rotatable bonds is 14. The summed E-state index contributed by atoms with van der Waals surface area (Å²) in [6.07, 6.45) is -3.17. The molecule has 0 aliphatic carbocycles. The highest BCUT2D eigenvalue weighted by molar-refractivity contribution is 5.85. The molecule has 13 heteroatoms. The number of aliphatic carboxylic acids is 1. The van der Waals surface area contributed by atoms with Crippen LogP contribution in [-0.4, -0.2) is 64.4 Å². The molecule has 4 N–H and O–H groups in total. The first-order valence-corrected chi connectivity index (χ1v) is 11.7. The number of esters is 1. The van der Waals surface area contributed by atoms with Crippen molar-refractivity contribution in [3.8, 4) is 0 Å². The van der Waals surface area contributed by atoms with Gasteiger partial charge in [-0.25, -0.2) is 9.59 Å². The van der Waals surface area contributed by atoms with Crippen molar-refractivity contribution in [3.05, 3.63) is 75.8 Å². The zero-order chi connectivity index (χ0) is 28.1. The number of carboxylic acids is 1. The van der Waals surface area contributed by atoms with E-state index in [0.29, 0.717) is 0 Å². The van der Waals surface area contributed by atoms with Crippen molar-refractivity contribution in [1.82, 2.24) is 10.6 Å². The summed E-state index contributed by atoms with van der Waals surface area (Å²) in [4.78, 5) is 58.9. The zero-order valence-electron chi connectivity index (χ0n) is 20.6. The summed E-state index contributed by atoms with van der Waals surface area (Å²) in [7, 11) is 0. The minimum Gasteiger partial charge on any atom is -0.480 e. The van der Waals surface area contributed by atoms with Crippen LogP contribution in [0.3, 0.4) is 0 Å². The van der Waals surface area contributed by atoms with Gasteiger partial charge in [0, 0.05) is 24.6 Å². The van der Waals surface area contributed by atoms with Gasteiger partial charge in [0.1, 0.15) is 12.6 Å². The first kappa shape index (κ1) is 29.7. The number of aliphatic hydroxyl groups excluding tert-OH is 1. The first-order chi connectivity index (χ1) is 18.1. The Hall–Kier alpha value is -4.52. The van der Waals surface area contributed by atoms with Crippen molar-refractivity contribution in [2.75, 3.05) is 13.2 Å². The number of benzene rings is 2. The van der Waals surface area contributed by atoms with Crippen molar-refractivity contribution in [2.45, 2.75) is 44.4 Å². The molecule has 0 aliphatic rings. The number of nitrogens with one attached hydrogen (secondary N) is 2. The van der Waals surface area contributed by atoms with E-state index >= 15 is 0 Å². The molecule has 2 rings (SSSR count). The minimum absolute atomic E-state index is 0.00798. The van der Waals surface area contributed by atoms with Gasteiger partial charge < -0.3 is 30.3 Å². The Morgan fingerprint density at radius 2 is 1.66 bits per heavy atom. The zero-order valence-corrected chi connectivity index (χ0v) is 20.6. The highest BCUT2D eigenvalue weighted by Crippen LogP contribution is 2.27. The molecule has 2 aromatic carbocycles. The fourth-order valence-corrected chi connectivity index (χ4v) is 3.50. The van der Waals surface area contributed by atoms with Gasteiger partial charge in [0.05, 0.1) is 30.5 Å². The Labute approximate surface area is 217 Å². The molecule has 0 spiro atoms. The molecule has 0 aliphatic heterocycles. The minimum atomic E-state index is -1.62. The normalized spacial score (nSPS) is 12.9. The van der Waals surface area contributed by atoms with E-state index in [1.807, 2.05) is 6.07 Å². The average molecular weight is 532 g/mol. The van der Waals surface area contributed by atoms with E-state index in [2.05, 4.69) is 10.6 Å². The summed E-state index contributed by atoms with van der Waals surface area (Å²) in [6.45, 7) is 1.28. The second-order valence-electron chi connectivity index (χ2n) is 8.15. The van der Waals surface area contributed by atoms with Crippen LogP contribution in [0.25, 0.3) is 0 Å². The van der Waals surface area contributed by atoms with Gasteiger partial charge in [0.2, 0.25) is 5.91 Å². The maximum Gasteiger partial charge on any atom is 0.407 e.